The first-order valence-electron chi connectivity index (χ1n) is 13.9. The molecule has 8 nitrogen and oxygen atoms in total. The molecule has 226 valence electrons. The zero-order valence-electron chi connectivity index (χ0n) is 23.7. The highest BCUT2D eigenvalue weighted by Crippen LogP contribution is 2.21. The Morgan fingerprint density at radius 1 is 0.953 bits per heavy atom. The second kappa shape index (κ2) is 16.0. The molecule has 4 aromatic rings. The Morgan fingerprint density at radius 3 is 2.37 bits per heavy atom. The minimum Gasteiger partial charge on any atom is -0.444 e. The fourth-order valence-electron chi connectivity index (χ4n) is 4.49. The molecule has 0 aliphatic carbocycles. The van der Waals surface area contributed by atoms with Gasteiger partial charge in [0.2, 0.25) is 11.8 Å². The summed E-state index contributed by atoms with van der Waals surface area (Å²) in [5.74, 6) is -1.58. The number of rotatable bonds is 15. The molecular weight excluding hydrogens is 574 g/mol. The quantitative estimate of drug-likeness (QED) is 0.154. The number of aromatic nitrogens is 1. The van der Waals surface area contributed by atoms with Crippen LogP contribution in [0.1, 0.15) is 23.6 Å². The van der Waals surface area contributed by atoms with Crippen LogP contribution in [0.15, 0.2) is 83.7 Å². The third-order valence-electron chi connectivity index (χ3n) is 6.62. The van der Waals surface area contributed by atoms with Crippen molar-refractivity contribution in [2.45, 2.75) is 38.5 Å². The summed E-state index contributed by atoms with van der Waals surface area (Å²) in [5, 5.41) is 19.7. The smallest absolute Gasteiger partial charge is 0.234 e. The summed E-state index contributed by atoms with van der Waals surface area (Å²) in [5.41, 5.74) is 3.97. The van der Waals surface area contributed by atoms with Crippen LogP contribution in [0.4, 0.5) is 14.5 Å². The maximum absolute atomic E-state index is 13.8. The van der Waals surface area contributed by atoms with Gasteiger partial charge in [-0.3, -0.25) is 9.59 Å². The Labute approximate surface area is 253 Å². The van der Waals surface area contributed by atoms with Gasteiger partial charge in [0.25, 0.3) is 0 Å². The number of carbonyl (C=O) groups is 2. The molecule has 0 aliphatic heterocycles. The maximum atomic E-state index is 13.8. The zero-order chi connectivity index (χ0) is 30.6. The number of amides is 2. The number of nitrogens with zero attached hydrogens (tertiary/aromatic N) is 1. The van der Waals surface area contributed by atoms with E-state index in [1.165, 1.54) is 24.1 Å². The van der Waals surface area contributed by atoms with Gasteiger partial charge in [-0.05, 0) is 65.9 Å². The van der Waals surface area contributed by atoms with E-state index in [0.29, 0.717) is 23.6 Å². The lowest BCUT2D eigenvalue weighted by atomic mass is 10.0. The van der Waals surface area contributed by atoms with Crippen LogP contribution in [0.2, 0.25) is 0 Å². The number of anilines is 1. The molecule has 2 amide bonds. The van der Waals surface area contributed by atoms with E-state index in [1.807, 2.05) is 18.2 Å². The van der Waals surface area contributed by atoms with Gasteiger partial charge in [0, 0.05) is 30.4 Å². The van der Waals surface area contributed by atoms with Gasteiger partial charge in [-0.15, -0.1) is 11.8 Å². The Balaban J connectivity index is 1.28. The van der Waals surface area contributed by atoms with Crippen molar-refractivity contribution in [3.63, 3.8) is 0 Å². The number of aryl methyl sites for hydroxylation is 1. The topological polar surface area (TPSA) is 116 Å². The Bertz CT molecular complexity index is 1460. The van der Waals surface area contributed by atoms with Crippen molar-refractivity contribution in [2.75, 3.05) is 23.4 Å². The van der Waals surface area contributed by atoms with Gasteiger partial charge < -0.3 is 25.5 Å². The monoisotopic (exact) mass is 608 g/mol. The normalized spacial score (nSPS) is 12.5. The first-order chi connectivity index (χ1) is 20.8. The van der Waals surface area contributed by atoms with E-state index in [-0.39, 0.29) is 30.4 Å². The van der Waals surface area contributed by atoms with Gasteiger partial charge in [-0.2, -0.15) is 0 Å². The molecule has 0 spiro atoms. The summed E-state index contributed by atoms with van der Waals surface area (Å²) >= 11 is 1.11. The second-order valence-electron chi connectivity index (χ2n) is 10.0. The molecule has 11 heteroatoms. The number of hydrogen-bond donors (Lipinski definition) is 4. The number of nitrogens with one attached hydrogen (secondary N) is 3. The highest BCUT2D eigenvalue weighted by Gasteiger charge is 2.22. The summed E-state index contributed by atoms with van der Waals surface area (Å²) < 4.78 is 32.9. The largest absolute Gasteiger partial charge is 0.444 e. The minimum absolute atomic E-state index is 0.0177. The molecule has 0 saturated carbocycles. The fourth-order valence-corrected chi connectivity index (χ4v) is 5.12. The van der Waals surface area contributed by atoms with Gasteiger partial charge in [0.15, 0.2) is 12.2 Å². The summed E-state index contributed by atoms with van der Waals surface area (Å²) in [6.07, 6.45) is 2.82. The Morgan fingerprint density at radius 2 is 1.67 bits per heavy atom. The van der Waals surface area contributed by atoms with Crippen LogP contribution < -0.4 is 16.0 Å². The predicted octanol–water partition coefficient (Wildman–Crippen LogP) is 4.73. The first kappa shape index (κ1) is 31.9. The molecular formula is C32H34F2N4O4S. The lowest BCUT2D eigenvalue weighted by Crippen LogP contribution is -2.49. The molecule has 1 heterocycles. The number of halogens is 2. The number of benzene rings is 3. The predicted molar refractivity (Wildman–Crippen MR) is 163 cm³/mol. The highest BCUT2D eigenvalue weighted by molar-refractivity contribution is 8.00. The molecule has 4 rings (SSSR count). The SMILES string of the molecule is CCc1cccc(CNC[C@H](O)[C@@H](Cc2cc(F)cc(F)c2)NC(=O)CSCC(=O)Nc2ccc(-c3cnco3)cc2)c1. The van der Waals surface area contributed by atoms with E-state index in [0.717, 1.165) is 35.4 Å². The number of aliphatic hydroxyl groups excluding tert-OH is 1. The maximum Gasteiger partial charge on any atom is 0.234 e. The van der Waals surface area contributed by atoms with Crippen LogP contribution in [0.3, 0.4) is 0 Å². The minimum atomic E-state index is -1.04. The van der Waals surface area contributed by atoms with E-state index in [9.17, 15) is 23.5 Å². The Kier molecular flexibility index (Phi) is 11.8. The lowest BCUT2D eigenvalue weighted by molar-refractivity contribution is -0.120. The van der Waals surface area contributed by atoms with Crippen molar-refractivity contribution in [2.24, 2.45) is 0 Å². The first-order valence-corrected chi connectivity index (χ1v) is 15.0. The van der Waals surface area contributed by atoms with Gasteiger partial charge in [-0.25, -0.2) is 13.8 Å². The molecule has 1 aromatic heterocycles. The lowest BCUT2D eigenvalue weighted by Gasteiger charge is -2.25. The zero-order valence-corrected chi connectivity index (χ0v) is 24.5. The van der Waals surface area contributed by atoms with Gasteiger partial charge in [0.05, 0.1) is 29.8 Å². The molecule has 4 N–H and O–H groups in total. The standard InChI is InChI=1S/C32H34F2N4O4S/c1-2-21-4-3-5-22(10-21)15-35-16-29(39)28(13-23-11-25(33)14-26(34)12-23)38-32(41)19-43-18-31(40)37-27-8-6-24(7-9-27)30-17-36-20-42-30/h3-12,14,17,20,28-29,35,39H,2,13,15-16,18-19H2,1H3,(H,37,40)(H,38,41)/t28-,29+/m1/s1. The van der Waals surface area contributed by atoms with E-state index in [1.54, 1.807) is 30.5 Å². The molecule has 0 radical (unpaired) electrons. The molecule has 0 fully saturated rings. The third kappa shape index (κ3) is 10.3. The second-order valence-corrected chi connectivity index (χ2v) is 11.0. The number of hydrogen-bond acceptors (Lipinski definition) is 7. The van der Waals surface area contributed by atoms with Crippen LogP contribution in [0.25, 0.3) is 11.3 Å². The summed E-state index contributed by atoms with van der Waals surface area (Å²) in [6, 6.07) is 17.4. The van der Waals surface area contributed by atoms with Crippen molar-refractivity contribution in [3.05, 3.63) is 108 Å². The molecule has 0 unspecified atom stereocenters. The number of thioether (sulfide) groups is 1. The Hall–Kier alpha value is -4.06. The molecule has 2 atom stereocenters. The van der Waals surface area contributed by atoms with Gasteiger partial charge >= 0.3 is 0 Å². The van der Waals surface area contributed by atoms with E-state index >= 15 is 0 Å². The average molecular weight is 609 g/mol. The van der Waals surface area contributed by atoms with E-state index in [4.69, 9.17) is 4.42 Å². The molecule has 3 aromatic carbocycles. The number of aliphatic hydroxyl groups is 1. The van der Waals surface area contributed by atoms with Crippen molar-refractivity contribution < 1.29 is 27.9 Å². The van der Waals surface area contributed by atoms with Gasteiger partial charge in [0.1, 0.15) is 11.6 Å². The van der Waals surface area contributed by atoms with Crippen molar-refractivity contribution in [1.29, 1.82) is 0 Å². The molecule has 0 bridgehead atoms. The van der Waals surface area contributed by atoms with Crippen LogP contribution >= 0.6 is 11.8 Å². The van der Waals surface area contributed by atoms with Crippen molar-refractivity contribution >= 4 is 29.3 Å². The summed E-state index contributed by atoms with van der Waals surface area (Å²) in [7, 11) is 0. The number of oxazole rings is 1. The number of carbonyl (C=O) groups excluding carboxylic acids is 2. The molecule has 0 saturated heterocycles. The van der Waals surface area contributed by atoms with Crippen molar-refractivity contribution in [1.82, 2.24) is 15.6 Å². The van der Waals surface area contributed by atoms with E-state index in [2.05, 4.69) is 33.9 Å². The van der Waals surface area contributed by atoms with E-state index < -0.39 is 29.7 Å². The molecule has 43 heavy (non-hydrogen) atoms. The highest BCUT2D eigenvalue weighted by atomic mass is 32.2. The van der Waals surface area contributed by atoms with Crippen molar-refractivity contribution in [3.8, 4) is 11.3 Å². The van der Waals surface area contributed by atoms with Gasteiger partial charge in [-0.1, -0.05) is 31.2 Å². The average Bonchev–Trinajstić information content (AvgIpc) is 3.52. The van der Waals surface area contributed by atoms with Crippen LogP contribution in [0.5, 0.6) is 0 Å². The summed E-state index contributed by atoms with van der Waals surface area (Å²) in [6.45, 7) is 2.72. The third-order valence-corrected chi connectivity index (χ3v) is 7.56. The molecule has 0 aliphatic rings. The van der Waals surface area contributed by atoms with Crippen LogP contribution in [-0.4, -0.2) is 52.1 Å². The fraction of sp³-hybridized carbons (Fsp3) is 0.281. The van der Waals surface area contributed by atoms with Crippen LogP contribution in [-0.2, 0) is 29.0 Å². The van der Waals surface area contributed by atoms with Crippen LogP contribution in [0, 0.1) is 11.6 Å². The summed E-state index contributed by atoms with van der Waals surface area (Å²) in [4.78, 5) is 29.1.